The summed E-state index contributed by atoms with van der Waals surface area (Å²) in [5.41, 5.74) is 5.52. The van der Waals surface area contributed by atoms with Crippen molar-refractivity contribution in [2.75, 3.05) is 24.8 Å². The zero-order valence-corrected chi connectivity index (χ0v) is 16.2. The van der Waals surface area contributed by atoms with Crippen LogP contribution in [0.15, 0.2) is 33.5 Å². The fourth-order valence-corrected chi connectivity index (χ4v) is 4.73. The zero-order valence-electron chi connectivity index (χ0n) is 16.2. The Bertz CT molecular complexity index is 1210. The van der Waals surface area contributed by atoms with Gasteiger partial charge in [-0.15, -0.1) is 0 Å². The van der Waals surface area contributed by atoms with Crippen molar-refractivity contribution in [3.63, 3.8) is 0 Å². The fraction of sp³-hybridized carbons (Fsp3) is 0.348. The van der Waals surface area contributed by atoms with Crippen LogP contribution < -0.4 is 24.7 Å². The molecule has 3 aliphatic rings. The third-order valence-corrected chi connectivity index (χ3v) is 6.14. The van der Waals surface area contributed by atoms with Gasteiger partial charge < -0.3 is 23.5 Å². The molecule has 0 spiro atoms. The maximum absolute atomic E-state index is 12.4. The number of aryl methyl sites for hydroxylation is 2. The molecule has 0 saturated carbocycles. The van der Waals surface area contributed by atoms with Crippen molar-refractivity contribution in [3.8, 4) is 17.2 Å². The molecule has 0 N–H and O–H groups in total. The second kappa shape index (κ2) is 6.17. The molecule has 0 bridgehead atoms. The highest BCUT2D eigenvalue weighted by molar-refractivity contribution is 5.88. The molecule has 2 aromatic carbocycles. The molecule has 2 aliphatic heterocycles. The molecule has 6 nitrogen and oxygen atoms in total. The number of ether oxygens (including phenoxy) is 3. The van der Waals surface area contributed by atoms with Crippen molar-refractivity contribution in [3.05, 3.63) is 56.9 Å². The molecular weight excluding hydrogens is 370 g/mol. The Balaban J connectivity index is 1.43. The number of hydrogen-bond acceptors (Lipinski definition) is 6. The molecule has 0 amide bonds. The van der Waals surface area contributed by atoms with Crippen LogP contribution in [0.1, 0.15) is 28.7 Å². The van der Waals surface area contributed by atoms with Crippen molar-refractivity contribution in [2.24, 2.45) is 0 Å². The molecule has 29 heavy (non-hydrogen) atoms. The summed E-state index contributed by atoms with van der Waals surface area (Å²) in [7, 11) is 0. The van der Waals surface area contributed by atoms with Crippen LogP contribution in [0.2, 0.25) is 0 Å². The van der Waals surface area contributed by atoms with Gasteiger partial charge in [-0.2, -0.15) is 0 Å². The molecule has 0 unspecified atom stereocenters. The largest absolute Gasteiger partial charge is 0.486 e. The average Bonchev–Trinajstić information content (AvgIpc) is 3.25. The Labute approximate surface area is 167 Å². The van der Waals surface area contributed by atoms with E-state index < -0.39 is 0 Å². The van der Waals surface area contributed by atoms with E-state index in [9.17, 15) is 4.79 Å². The molecule has 0 saturated heterocycles. The summed E-state index contributed by atoms with van der Waals surface area (Å²) in [6, 6.07) is 8.14. The lowest BCUT2D eigenvalue weighted by Gasteiger charge is -2.32. The fourth-order valence-electron chi connectivity index (χ4n) is 4.73. The van der Waals surface area contributed by atoms with E-state index in [0.29, 0.717) is 25.5 Å². The second-order valence-corrected chi connectivity index (χ2v) is 7.87. The number of hydrogen-bond donors (Lipinski definition) is 0. The quantitative estimate of drug-likeness (QED) is 0.590. The molecule has 1 aliphatic carbocycles. The third-order valence-electron chi connectivity index (χ3n) is 6.14. The smallest absolute Gasteiger partial charge is 0.339 e. The van der Waals surface area contributed by atoms with E-state index in [1.807, 2.05) is 25.1 Å². The summed E-state index contributed by atoms with van der Waals surface area (Å²) in [5, 5.41) is 1.06. The van der Waals surface area contributed by atoms with Gasteiger partial charge in [0.1, 0.15) is 24.5 Å². The molecular formula is C23H21NO5. The van der Waals surface area contributed by atoms with Crippen LogP contribution in [0.5, 0.6) is 17.2 Å². The lowest BCUT2D eigenvalue weighted by molar-refractivity contribution is 0.171. The topological polar surface area (TPSA) is 61.1 Å². The van der Waals surface area contributed by atoms with Gasteiger partial charge in [0.15, 0.2) is 18.2 Å². The summed E-state index contributed by atoms with van der Waals surface area (Å²) in [6.07, 6.45) is 2.75. The van der Waals surface area contributed by atoms with E-state index >= 15 is 0 Å². The lowest BCUT2D eigenvalue weighted by atomic mass is 9.99. The predicted octanol–water partition coefficient (Wildman–Crippen LogP) is 3.72. The number of benzene rings is 2. The molecule has 3 heterocycles. The maximum Gasteiger partial charge on any atom is 0.339 e. The van der Waals surface area contributed by atoms with Crippen molar-refractivity contribution in [2.45, 2.75) is 32.7 Å². The summed E-state index contributed by atoms with van der Waals surface area (Å²) in [4.78, 5) is 14.5. The monoisotopic (exact) mass is 391 g/mol. The first-order valence-electron chi connectivity index (χ1n) is 10.1. The lowest BCUT2D eigenvalue weighted by Crippen LogP contribution is -2.32. The Morgan fingerprint density at radius 2 is 1.79 bits per heavy atom. The average molecular weight is 391 g/mol. The molecule has 6 rings (SSSR count). The normalized spacial score (nSPS) is 17.1. The molecule has 1 aromatic heterocycles. The van der Waals surface area contributed by atoms with Gasteiger partial charge in [0.05, 0.1) is 0 Å². The Hall–Kier alpha value is -3.15. The first-order chi connectivity index (χ1) is 14.2. The van der Waals surface area contributed by atoms with Gasteiger partial charge in [-0.25, -0.2) is 4.79 Å². The standard InChI is InChI=1S/C23H21NO5/c1-13-21-14(9-18-16-3-2-4-17(16)23(25)29-22(13)18)11-24(12-28-21)15-5-6-19-20(10-15)27-8-7-26-19/h5-6,9-10H,2-4,7-8,11-12H2,1H3. The SMILES string of the molecule is Cc1c2c(cc3c4c(c(=O)oc13)CCC4)CN(c1ccc3c(c1)OCCO3)CO2. The van der Waals surface area contributed by atoms with Crippen LogP contribution in [0.3, 0.4) is 0 Å². The van der Waals surface area contributed by atoms with E-state index in [-0.39, 0.29) is 5.63 Å². The highest BCUT2D eigenvalue weighted by atomic mass is 16.6. The van der Waals surface area contributed by atoms with Crippen molar-refractivity contribution in [1.82, 2.24) is 0 Å². The summed E-state index contributed by atoms with van der Waals surface area (Å²) >= 11 is 0. The van der Waals surface area contributed by atoms with Gasteiger partial charge in [-0.05, 0) is 49.9 Å². The Morgan fingerprint density at radius 1 is 0.966 bits per heavy atom. The number of rotatable bonds is 1. The Kier molecular flexibility index (Phi) is 3.57. The van der Waals surface area contributed by atoms with E-state index in [0.717, 1.165) is 76.4 Å². The summed E-state index contributed by atoms with van der Waals surface area (Å²) in [5.74, 6) is 2.38. The minimum Gasteiger partial charge on any atom is -0.486 e. The summed E-state index contributed by atoms with van der Waals surface area (Å²) in [6.45, 7) is 4.27. The van der Waals surface area contributed by atoms with E-state index in [1.165, 1.54) is 0 Å². The van der Waals surface area contributed by atoms with Gasteiger partial charge in [0.2, 0.25) is 0 Å². The van der Waals surface area contributed by atoms with Gasteiger partial charge >= 0.3 is 5.63 Å². The van der Waals surface area contributed by atoms with Crippen LogP contribution in [-0.2, 0) is 19.4 Å². The highest BCUT2D eigenvalue weighted by Crippen LogP contribution is 2.40. The number of nitrogens with zero attached hydrogens (tertiary/aromatic N) is 1. The first kappa shape index (κ1) is 16.8. The third kappa shape index (κ3) is 2.51. The first-order valence-corrected chi connectivity index (χ1v) is 10.1. The maximum atomic E-state index is 12.4. The van der Waals surface area contributed by atoms with E-state index in [1.54, 1.807) is 0 Å². The van der Waals surface area contributed by atoms with Gasteiger partial charge in [0.25, 0.3) is 0 Å². The molecule has 0 fully saturated rings. The molecule has 0 radical (unpaired) electrons. The van der Waals surface area contributed by atoms with Crippen LogP contribution >= 0.6 is 0 Å². The van der Waals surface area contributed by atoms with E-state index in [2.05, 4.69) is 11.0 Å². The van der Waals surface area contributed by atoms with Crippen molar-refractivity contribution in [1.29, 1.82) is 0 Å². The Morgan fingerprint density at radius 3 is 2.69 bits per heavy atom. The zero-order chi connectivity index (χ0) is 19.5. The second-order valence-electron chi connectivity index (χ2n) is 7.87. The minimum atomic E-state index is -0.193. The van der Waals surface area contributed by atoms with Gasteiger partial charge in [0, 0.05) is 40.4 Å². The van der Waals surface area contributed by atoms with Crippen LogP contribution in [0.4, 0.5) is 5.69 Å². The highest BCUT2D eigenvalue weighted by Gasteiger charge is 2.27. The minimum absolute atomic E-state index is 0.193. The van der Waals surface area contributed by atoms with Gasteiger partial charge in [-0.3, -0.25) is 0 Å². The van der Waals surface area contributed by atoms with Crippen molar-refractivity contribution >= 4 is 16.7 Å². The van der Waals surface area contributed by atoms with Crippen LogP contribution in [0, 0.1) is 6.92 Å². The van der Waals surface area contributed by atoms with Crippen LogP contribution in [-0.4, -0.2) is 19.9 Å². The van der Waals surface area contributed by atoms with E-state index in [4.69, 9.17) is 18.6 Å². The summed E-state index contributed by atoms with van der Waals surface area (Å²) < 4.78 is 23.2. The molecule has 3 aromatic rings. The number of fused-ring (bicyclic) bond motifs is 5. The predicted molar refractivity (Wildman–Crippen MR) is 108 cm³/mol. The number of anilines is 1. The molecule has 148 valence electrons. The van der Waals surface area contributed by atoms with Crippen LogP contribution in [0.25, 0.3) is 11.0 Å². The molecule has 6 heteroatoms. The van der Waals surface area contributed by atoms with Crippen molar-refractivity contribution < 1.29 is 18.6 Å². The van der Waals surface area contributed by atoms with Gasteiger partial charge in [-0.1, -0.05) is 0 Å². The molecule has 0 atom stereocenters.